The molecule has 0 amide bonds. The minimum Gasteiger partial charge on any atom is -0.486 e. The fraction of sp³-hybridized carbons (Fsp3) is 0.348. The Balaban J connectivity index is 1.47. The molecule has 144 valence electrons. The Morgan fingerprint density at radius 2 is 1.89 bits per heavy atom. The SMILES string of the molecule is Cc1ccc2c(CN3CCCC3c3ccc4c(c3)OCCO4)cc(=O)oc2c1. The lowest BCUT2D eigenvalue weighted by Gasteiger charge is -2.27. The van der Waals surface area contributed by atoms with Crippen LogP contribution in [0.3, 0.4) is 0 Å². The molecule has 0 bridgehead atoms. The molecule has 1 aromatic heterocycles. The predicted molar refractivity (Wildman–Crippen MR) is 107 cm³/mol. The third-order valence-corrected chi connectivity index (χ3v) is 5.67. The van der Waals surface area contributed by atoms with E-state index in [9.17, 15) is 4.79 Å². The molecule has 5 heteroatoms. The Kier molecular flexibility index (Phi) is 4.32. The molecule has 0 N–H and O–H groups in total. The summed E-state index contributed by atoms with van der Waals surface area (Å²) >= 11 is 0. The normalized spacial score (nSPS) is 19.2. The van der Waals surface area contributed by atoms with Crippen LogP contribution in [0.25, 0.3) is 11.0 Å². The van der Waals surface area contributed by atoms with Crippen molar-refractivity contribution in [2.45, 2.75) is 32.4 Å². The standard InChI is InChI=1S/C23H23NO4/c1-15-4-6-18-17(13-23(25)28-21(18)11-15)14-24-8-2-3-19(24)16-5-7-20-22(12-16)27-10-9-26-20/h4-7,11-13,19H,2-3,8-10,14H2,1H3. The average molecular weight is 377 g/mol. The highest BCUT2D eigenvalue weighted by Crippen LogP contribution is 2.39. The summed E-state index contributed by atoms with van der Waals surface area (Å²) in [5, 5.41) is 1.01. The van der Waals surface area contributed by atoms with E-state index >= 15 is 0 Å². The van der Waals surface area contributed by atoms with E-state index in [0.29, 0.717) is 24.8 Å². The van der Waals surface area contributed by atoms with E-state index in [-0.39, 0.29) is 5.63 Å². The van der Waals surface area contributed by atoms with Gasteiger partial charge in [-0.2, -0.15) is 0 Å². The molecule has 0 aliphatic carbocycles. The number of ether oxygens (including phenoxy) is 2. The predicted octanol–water partition coefficient (Wildman–Crippen LogP) is 4.21. The fourth-order valence-electron chi connectivity index (χ4n) is 4.35. The zero-order chi connectivity index (χ0) is 19.1. The number of aryl methyl sites for hydroxylation is 1. The first-order valence-electron chi connectivity index (χ1n) is 9.84. The van der Waals surface area contributed by atoms with Gasteiger partial charge in [0.05, 0.1) is 0 Å². The van der Waals surface area contributed by atoms with Crippen molar-refractivity contribution in [1.29, 1.82) is 0 Å². The second-order valence-corrected chi connectivity index (χ2v) is 7.62. The van der Waals surface area contributed by atoms with E-state index in [4.69, 9.17) is 13.9 Å². The molecule has 3 aromatic rings. The van der Waals surface area contributed by atoms with Gasteiger partial charge in [-0.25, -0.2) is 4.79 Å². The Bertz CT molecular complexity index is 1090. The lowest BCUT2D eigenvalue weighted by atomic mass is 10.0. The minimum atomic E-state index is -0.289. The molecule has 3 heterocycles. The van der Waals surface area contributed by atoms with E-state index < -0.39 is 0 Å². The number of rotatable bonds is 3. The van der Waals surface area contributed by atoms with Crippen LogP contribution in [0.15, 0.2) is 51.7 Å². The first-order chi connectivity index (χ1) is 13.7. The Morgan fingerprint density at radius 1 is 1.04 bits per heavy atom. The van der Waals surface area contributed by atoms with E-state index in [1.807, 2.05) is 19.1 Å². The van der Waals surface area contributed by atoms with Crippen LogP contribution in [0.4, 0.5) is 0 Å². The van der Waals surface area contributed by atoms with E-state index in [1.54, 1.807) is 6.07 Å². The van der Waals surface area contributed by atoms with Gasteiger partial charge >= 0.3 is 5.63 Å². The molecule has 0 spiro atoms. The van der Waals surface area contributed by atoms with Gasteiger partial charge in [0.1, 0.15) is 18.8 Å². The lowest BCUT2D eigenvalue weighted by molar-refractivity contribution is 0.170. The molecule has 2 aliphatic heterocycles. The number of fused-ring (bicyclic) bond motifs is 2. The third-order valence-electron chi connectivity index (χ3n) is 5.67. The van der Waals surface area contributed by atoms with Crippen molar-refractivity contribution in [3.8, 4) is 11.5 Å². The second-order valence-electron chi connectivity index (χ2n) is 7.62. The molecule has 1 atom stereocenters. The van der Waals surface area contributed by atoms with Crippen molar-refractivity contribution in [1.82, 2.24) is 4.90 Å². The zero-order valence-corrected chi connectivity index (χ0v) is 15.9. The van der Waals surface area contributed by atoms with Gasteiger partial charge < -0.3 is 13.9 Å². The van der Waals surface area contributed by atoms with Crippen LogP contribution in [0.5, 0.6) is 11.5 Å². The summed E-state index contributed by atoms with van der Waals surface area (Å²) < 4.78 is 16.8. The maximum Gasteiger partial charge on any atom is 0.336 e. The minimum absolute atomic E-state index is 0.289. The van der Waals surface area contributed by atoms with Gasteiger partial charge in [0.2, 0.25) is 0 Å². The maximum absolute atomic E-state index is 12.1. The maximum atomic E-state index is 12.1. The Labute approximate surface area is 163 Å². The first kappa shape index (κ1) is 17.3. The molecular weight excluding hydrogens is 354 g/mol. The highest BCUT2D eigenvalue weighted by atomic mass is 16.6. The smallest absolute Gasteiger partial charge is 0.336 e. The topological polar surface area (TPSA) is 51.9 Å². The van der Waals surface area contributed by atoms with Crippen molar-refractivity contribution in [3.63, 3.8) is 0 Å². The number of hydrogen-bond acceptors (Lipinski definition) is 5. The first-order valence-corrected chi connectivity index (χ1v) is 9.84. The second kappa shape index (κ2) is 6.99. The van der Waals surface area contributed by atoms with Crippen molar-refractivity contribution in [2.75, 3.05) is 19.8 Å². The fourth-order valence-corrected chi connectivity index (χ4v) is 4.35. The van der Waals surface area contributed by atoms with Crippen molar-refractivity contribution < 1.29 is 13.9 Å². The molecule has 1 fully saturated rings. The average Bonchev–Trinajstić information content (AvgIpc) is 3.15. The van der Waals surface area contributed by atoms with Gasteiger partial charge in [-0.3, -0.25) is 4.90 Å². The van der Waals surface area contributed by atoms with Crippen molar-refractivity contribution >= 4 is 11.0 Å². The number of likely N-dealkylation sites (tertiary alicyclic amines) is 1. The van der Waals surface area contributed by atoms with E-state index in [0.717, 1.165) is 53.9 Å². The summed E-state index contributed by atoms with van der Waals surface area (Å²) in [5.41, 5.74) is 3.73. The highest BCUT2D eigenvalue weighted by Gasteiger charge is 2.28. The Morgan fingerprint density at radius 3 is 2.79 bits per heavy atom. The molecule has 0 radical (unpaired) electrons. The molecule has 0 saturated carbocycles. The largest absolute Gasteiger partial charge is 0.486 e. The van der Waals surface area contributed by atoms with Crippen molar-refractivity contribution in [2.24, 2.45) is 0 Å². The highest BCUT2D eigenvalue weighted by molar-refractivity contribution is 5.80. The summed E-state index contributed by atoms with van der Waals surface area (Å²) in [7, 11) is 0. The summed E-state index contributed by atoms with van der Waals surface area (Å²) in [6.07, 6.45) is 2.23. The Hall–Kier alpha value is -2.79. The van der Waals surface area contributed by atoms with Crippen LogP contribution in [-0.2, 0) is 6.54 Å². The molecule has 1 unspecified atom stereocenters. The number of hydrogen-bond donors (Lipinski definition) is 0. The molecular formula is C23H23NO4. The molecule has 28 heavy (non-hydrogen) atoms. The zero-order valence-electron chi connectivity index (χ0n) is 15.9. The molecule has 5 nitrogen and oxygen atoms in total. The molecule has 2 aromatic carbocycles. The van der Waals surface area contributed by atoms with E-state index in [2.05, 4.69) is 29.2 Å². The number of benzene rings is 2. The van der Waals surface area contributed by atoms with Gasteiger partial charge in [0, 0.05) is 24.0 Å². The van der Waals surface area contributed by atoms with Crippen LogP contribution in [0.2, 0.25) is 0 Å². The summed E-state index contributed by atoms with van der Waals surface area (Å²) in [6.45, 7) is 4.93. The quantitative estimate of drug-likeness (QED) is 0.640. The molecule has 2 aliphatic rings. The van der Waals surface area contributed by atoms with Gasteiger partial charge in [-0.1, -0.05) is 18.2 Å². The van der Waals surface area contributed by atoms with Crippen molar-refractivity contribution in [3.05, 3.63) is 69.6 Å². The van der Waals surface area contributed by atoms with Crippen LogP contribution >= 0.6 is 0 Å². The van der Waals surface area contributed by atoms with E-state index in [1.165, 1.54) is 5.56 Å². The van der Waals surface area contributed by atoms with Crippen LogP contribution in [0.1, 0.15) is 35.6 Å². The van der Waals surface area contributed by atoms with Crippen LogP contribution in [0, 0.1) is 6.92 Å². The van der Waals surface area contributed by atoms with Gasteiger partial charge in [0.15, 0.2) is 11.5 Å². The number of nitrogens with zero attached hydrogens (tertiary/aromatic N) is 1. The van der Waals surface area contributed by atoms with Gasteiger partial charge in [0.25, 0.3) is 0 Å². The summed E-state index contributed by atoms with van der Waals surface area (Å²) in [5.74, 6) is 1.65. The lowest BCUT2D eigenvalue weighted by Crippen LogP contribution is -2.24. The van der Waals surface area contributed by atoms with Gasteiger partial charge in [-0.05, 0) is 61.2 Å². The summed E-state index contributed by atoms with van der Waals surface area (Å²) in [6, 6.07) is 14.3. The summed E-state index contributed by atoms with van der Waals surface area (Å²) in [4.78, 5) is 14.5. The monoisotopic (exact) mass is 377 g/mol. The van der Waals surface area contributed by atoms with Crippen LogP contribution < -0.4 is 15.1 Å². The third kappa shape index (κ3) is 3.16. The molecule has 5 rings (SSSR count). The van der Waals surface area contributed by atoms with Crippen LogP contribution in [-0.4, -0.2) is 24.7 Å². The molecule has 1 saturated heterocycles. The van der Waals surface area contributed by atoms with Gasteiger partial charge in [-0.15, -0.1) is 0 Å².